The SMILES string of the molecule is Cc1cnc(C(O)c2ccc(C)c(Cl)c2)cn1. The van der Waals surface area contributed by atoms with E-state index < -0.39 is 6.10 Å². The second kappa shape index (κ2) is 4.82. The summed E-state index contributed by atoms with van der Waals surface area (Å²) in [7, 11) is 0. The summed E-state index contributed by atoms with van der Waals surface area (Å²) in [5.41, 5.74) is 3.05. The molecule has 1 atom stereocenters. The normalized spacial score (nSPS) is 12.5. The van der Waals surface area contributed by atoms with E-state index in [2.05, 4.69) is 9.97 Å². The molecule has 0 spiro atoms. The summed E-state index contributed by atoms with van der Waals surface area (Å²) < 4.78 is 0. The number of aromatic nitrogens is 2. The van der Waals surface area contributed by atoms with Crippen LogP contribution in [0, 0.1) is 13.8 Å². The van der Waals surface area contributed by atoms with E-state index in [1.54, 1.807) is 18.5 Å². The number of hydrogen-bond donors (Lipinski definition) is 1. The van der Waals surface area contributed by atoms with Gasteiger partial charge in [-0.3, -0.25) is 9.97 Å². The number of halogens is 1. The molecule has 1 N–H and O–H groups in total. The third kappa shape index (κ3) is 2.62. The van der Waals surface area contributed by atoms with E-state index in [9.17, 15) is 5.11 Å². The van der Waals surface area contributed by atoms with Gasteiger partial charge in [0, 0.05) is 11.2 Å². The fourth-order valence-electron chi connectivity index (χ4n) is 1.49. The van der Waals surface area contributed by atoms with Crippen molar-refractivity contribution < 1.29 is 5.11 Å². The summed E-state index contributed by atoms with van der Waals surface area (Å²) in [6.45, 7) is 3.77. The van der Waals surface area contributed by atoms with Gasteiger partial charge >= 0.3 is 0 Å². The summed E-state index contributed by atoms with van der Waals surface area (Å²) in [6.07, 6.45) is 2.42. The Hall–Kier alpha value is -1.45. The van der Waals surface area contributed by atoms with E-state index in [0.29, 0.717) is 10.7 Å². The third-order valence-electron chi connectivity index (χ3n) is 2.59. The average Bonchev–Trinajstić information content (AvgIpc) is 2.33. The van der Waals surface area contributed by atoms with Crippen molar-refractivity contribution in [2.45, 2.75) is 20.0 Å². The number of aliphatic hydroxyl groups is 1. The van der Waals surface area contributed by atoms with Crippen molar-refractivity contribution in [1.29, 1.82) is 0 Å². The molecule has 0 saturated heterocycles. The summed E-state index contributed by atoms with van der Waals surface area (Å²) >= 11 is 6.02. The number of hydrogen-bond acceptors (Lipinski definition) is 3. The van der Waals surface area contributed by atoms with Gasteiger partial charge in [-0.15, -0.1) is 0 Å². The molecule has 4 heteroatoms. The molecule has 1 aromatic heterocycles. The van der Waals surface area contributed by atoms with Crippen LogP contribution in [0.3, 0.4) is 0 Å². The van der Waals surface area contributed by atoms with Gasteiger partial charge in [-0.25, -0.2) is 0 Å². The second-order valence-corrected chi connectivity index (χ2v) is 4.40. The van der Waals surface area contributed by atoms with Crippen molar-refractivity contribution in [3.63, 3.8) is 0 Å². The van der Waals surface area contributed by atoms with Crippen molar-refractivity contribution >= 4 is 11.6 Å². The Kier molecular flexibility index (Phi) is 3.41. The minimum Gasteiger partial charge on any atom is -0.382 e. The topological polar surface area (TPSA) is 46.0 Å². The highest BCUT2D eigenvalue weighted by molar-refractivity contribution is 6.31. The zero-order valence-electron chi connectivity index (χ0n) is 9.68. The van der Waals surface area contributed by atoms with E-state index in [1.165, 1.54) is 0 Å². The van der Waals surface area contributed by atoms with E-state index in [-0.39, 0.29) is 0 Å². The van der Waals surface area contributed by atoms with E-state index >= 15 is 0 Å². The van der Waals surface area contributed by atoms with Crippen molar-refractivity contribution in [1.82, 2.24) is 9.97 Å². The van der Waals surface area contributed by atoms with Crippen molar-refractivity contribution in [3.8, 4) is 0 Å². The first-order valence-electron chi connectivity index (χ1n) is 5.30. The van der Waals surface area contributed by atoms with Gasteiger partial charge in [0.2, 0.25) is 0 Å². The van der Waals surface area contributed by atoms with E-state index in [0.717, 1.165) is 16.8 Å². The first kappa shape index (κ1) is 12.0. The van der Waals surface area contributed by atoms with Crippen LogP contribution in [0.15, 0.2) is 30.6 Å². The van der Waals surface area contributed by atoms with Crippen LogP contribution in [0.2, 0.25) is 5.02 Å². The number of aryl methyl sites for hydroxylation is 2. The maximum atomic E-state index is 10.1. The largest absolute Gasteiger partial charge is 0.382 e. The van der Waals surface area contributed by atoms with Crippen LogP contribution in [0.1, 0.15) is 28.6 Å². The highest BCUT2D eigenvalue weighted by Crippen LogP contribution is 2.24. The predicted molar refractivity (Wildman–Crippen MR) is 67.0 cm³/mol. The summed E-state index contributed by atoms with van der Waals surface area (Å²) in [5, 5.41) is 10.8. The summed E-state index contributed by atoms with van der Waals surface area (Å²) in [4.78, 5) is 8.26. The maximum Gasteiger partial charge on any atom is 0.123 e. The van der Waals surface area contributed by atoms with Gasteiger partial charge in [-0.2, -0.15) is 0 Å². The maximum absolute atomic E-state index is 10.1. The molecule has 0 aliphatic rings. The van der Waals surface area contributed by atoms with Crippen LogP contribution in [-0.2, 0) is 0 Å². The fourth-order valence-corrected chi connectivity index (χ4v) is 1.68. The lowest BCUT2D eigenvalue weighted by Crippen LogP contribution is -2.03. The number of rotatable bonds is 2. The molecule has 1 heterocycles. The molecule has 0 bridgehead atoms. The molecule has 3 nitrogen and oxygen atoms in total. The molecule has 1 aromatic carbocycles. The highest BCUT2D eigenvalue weighted by Gasteiger charge is 2.13. The molecule has 88 valence electrons. The Morgan fingerprint density at radius 1 is 1.18 bits per heavy atom. The fraction of sp³-hybridized carbons (Fsp3) is 0.231. The Morgan fingerprint density at radius 3 is 2.53 bits per heavy atom. The Morgan fingerprint density at radius 2 is 1.94 bits per heavy atom. The summed E-state index contributed by atoms with van der Waals surface area (Å²) in [6, 6.07) is 5.47. The molecule has 2 rings (SSSR count). The van der Waals surface area contributed by atoms with Gasteiger partial charge in [0.1, 0.15) is 6.10 Å². The standard InChI is InChI=1S/C13H13ClN2O/c1-8-3-4-10(5-11(8)14)13(17)12-7-15-9(2)6-16-12/h3-7,13,17H,1-2H3. The zero-order valence-corrected chi connectivity index (χ0v) is 10.4. The van der Waals surface area contributed by atoms with Gasteiger partial charge in [-0.1, -0.05) is 23.7 Å². The van der Waals surface area contributed by atoms with Gasteiger partial charge in [0.25, 0.3) is 0 Å². The van der Waals surface area contributed by atoms with Gasteiger partial charge in [0.05, 0.1) is 17.6 Å². The smallest absolute Gasteiger partial charge is 0.123 e. The quantitative estimate of drug-likeness (QED) is 0.889. The highest BCUT2D eigenvalue weighted by atomic mass is 35.5. The van der Waals surface area contributed by atoms with Crippen LogP contribution in [0.25, 0.3) is 0 Å². The molecule has 0 amide bonds. The molecule has 0 aliphatic carbocycles. The van der Waals surface area contributed by atoms with Crippen LogP contribution in [-0.4, -0.2) is 15.1 Å². The Balaban J connectivity index is 2.33. The molecular weight excluding hydrogens is 236 g/mol. The van der Waals surface area contributed by atoms with Crippen LogP contribution < -0.4 is 0 Å². The van der Waals surface area contributed by atoms with E-state index in [4.69, 9.17) is 11.6 Å². The molecule has 0 radical (unpaired) electrons. The second-order valence-electron chi connectivity index (χ2n) is 3.99. The molecule has 1 unspecified atom stereocenters. The average molecular weight is 249 g/mol. The lowest BCUT2D eigenvalue weighted by Gasteiger charge is -2.11. The van der Waals surface area contributed by atoms with Crippen LogP contribution in [0.4, 0.5) is 0 Å². The first-order valence-corrected chi connectivity index (χ1v) is 5.68. The molecule has 0 fully saturated rings. The van der Waals surface area contributed by atoms with Crippen molar-refractivity contribution in [3.05, 3.63) is 58.1 Å². The lowest BCUT2D eigenvalue weighted by atomic mass is 10.1. The molecule has 2 aromatic rings. The first-order chi connectivity index (χ1) is 8.08. The monoisotopic (exact) mass is 248 g/mol. The van der Waals surface area contributed by atoms with Gasteiger partial charge < -0.3 is 5.11 Å². The van der Waals surface area contributed by atoms with E-state index in [1.807, 2.05) is 26.0 Å². The molecule has 0 saturated carbocycles. The van der Waals surface area contributed by atoms with Gasteiger partial charge in [-0.05, 0) is 31.0 Å². The lowest BCUT2D eigenvalue weighted by molar-refractivity contribution is 0.214. The van der Waals surface area contributed by atoms with Crippen molar-refractivity contribution in [2.24, 2.45) is 0 Å². The number of nitrogens with zero attached hydrogens (tertiary/aromatic N) is 2. The number of benzene rings is 1. The van der Waals surface area contributed by atoms with Crippen molar-refractivity contribution in [2.75, 3.05) is 0 Å². The van der Waals surface area contributed by atoms with Crippen LogP contribution >= 0.6 is 11.6 Å². The Bertz CT molecular complexity index is 525. The molecule has 17 heavy (non-hydrogen) atoms. The minimum absolute atomic E-state index is 0.524. The predicted octanol–water partition coefficient (Wildman–Crippen LogP) is 2.83. The van der Waals surface area contributed by atoms with Crippen LogP contribution in [0.5, 0.6) is 0 Å². The van der Waals surface area contributed by atoms with Gasteiger partial charge in [0.15, 0.2) is 0 Å². The number of aliphatic hydroxyl groups excluding tert-OH is 1. The minimum atomic E-state index is -0.791. The Labute approximate surface area is 105 Å². The molecular formula is C13H13ClN2O. The zero-order chi connectivity index (χ0) is 12.4. The molecule has 0 aliphatic heterocycles. The third-order valence-corrected chi connectivity index (χ3v) is 3.00. The summed E-state index contributed by atoms with van der Waals surface area (Å²) in [5.74, 6) is 0.